The molecule has 7 heteroatoms. The Kier molecular flexibility index (Phi) is 2.98. The van der Waals surface area contributed by atoms with E-state index in [0.29, 0.717) is 6.42 Å². The second-order valence-corrected chi connectivity index (χ2v) is 5.86. The van der Waals surface area contributed by atoms with Crippen LogP contribution in [0.15, 0.2) is 17.1 Å². The fraction of sp³-hybridized carbons (Fsp3) is 0.333. The van der Waals surface area contributed by atoms with Crippen LogP contribution in [0.2, 0.25) is 0 Å². The first kappa shape index (κ1) is 14.5. The van der Waals surface area contributed by atoms with Gasteiger partial charge in [-0.05, 0) is 19.9 Å². The average Bonchev–Trinajstić information content (AvgIpc) is 2.55. The van der Waals surface area contributed by atoms with E-state index in [2.05, 4.69) is 0 Å². The second kappa shape index (κ2) is 4.53. The van der Waals surface area contributed by atoms with E-state index >= 15 is 0 Å². The van der Waals surface area contributed by atoms with Gasteiger partial charge in [-0.15, -0.1) is 0 Å². The van der Waals surface area contributed by atoms with Crippen LogP contribution in [-0.2, 0) is 5.54 Å². The van der Waals surface area contributed by atoms with E-state index in [0.717, 1.165) is 6.07 Å². The molecule has 0 fully saturated rings. The van der Waals surface area contributed by atoms with Gasteiger partial charge in [0.1, 0.15) is 5.56 Å². The molecule has 116 valence electrons. The van der Waals surface area contributed by atoms with Gasteiger partial charge >= 0.3 is 5.97 Å². The summed E-state index contributed by atoms with van der Waals surface area (Å²) >= 11 is 0. The maximum Gasteiger partial charge on any atom is 0.341 e. The van der Waals surface area contributed by atoms with Crippen LogP contribution in [0.5, 0.6) is 5.75 Å². The topological polar surface area (TPSA) is 68.5 Å². The second-order valence-electron chi connectivity index (χ2n) is 5.86. The van der Waals surface area contributed by atoms with Crippen molar-refractivity contribution in [2.24, 2.45) is 0 Å². The predicted octanol–water partition coefficient (Wildman–Crippen LogP) is 2.50. The molecule has 0 saturated carbocycles. The zero-order valence-electron chi connectivity index (χ0n) is 11.9. The summed E-state index contributed by atoms with van der Waals surface area (Å²) in [7, 11) is 0. The molecule has 0 atom stereocenters. The summed E-state index contributed by atoms with van der Waals surface area (Å²) in [5.41, 5.74) is -1.89. The number of carbonyl (C=O) groups is 1. The number of hydrogen-bond acceptors (Lipinski definition) is 3. The summed E-state index contributed by atoms with van der Waals surface area (Å²) in [6.45, 7) is 3.74. The van der Waals surface area contributed by atoms with E-state index < -0.39 is 34.1 Å². The van der Waals surface area contributed by atoms with Gasteiger partial charge in [-0.25, -0.2) is 9.18 Å². The molecule has 1 aliphatic rings. The molecule has 0 saturated heterocycles. The minimum Gasteiger partial charge on any atom is -0.488 e. The Bertz CT molecular complexity index is 870. The molecule has 22 heavy (non-hydrogen) atoms. The first-order chi connectivity index (χ1) is 10.2. The zero-order chi connectivity index (χ0) is 16.2. The standard InChI is InChI=1S/C15H13F2NO4/c1-15(2)3-4-22-13-10(17)9(16)5-7-11(13)18(15)6-8(12(7)19)14(20)21/h5-6H,3-4H2,1-2H3,(H,20,21). The van der Waals surface area contributed by atoms with Crippen LogP contribution in [-0.4, -0.2) is 22.2 Å². The fourth-order valence-corrected chi connectivity index (χ4v) is 2.69. The quantitative estimate of drug-likeness (QED) is 0.879. The van der Waals surface area contributed by atoms with Gasteiger partial charge in [0.15, 0.2) is 11.6 Å². The molecular weight excluding hydrogens is 296 g/mol. The summed E-state index contributed by atoms with van der Waals surface area (Å²) in [4.78, 5) is 23.5. The van der Waals surface area contributed by atoms with Gasteiger partial charge in [0, 0.05) is 18.2 Å². The summed E-state index contributed by atoms with van der Waals surface area (Å²) in [6.07, 6.45) is 1.61. The Morgan fingerprint density at radius 1 is 1.41 bits per heavy atom. The molecule has 0 spiro atoms. The van der Waals surface area contributed by atoms with Gasteiger partial charge in [-0.3, -0.25) is 4.79 Å². The first-order valence-electron chi connectivity index (χ1n) is 6.68. The van der Waals surface area contributed by atoms with Crippen LogP contribution >= 0.6 is 0 Å². The lowest BCUT2D eigenvalue weighted by Crippen LogP contribution is -2.30. The Labute approximate surface area is 123 Å². The maximum atomic E-state index is 14.0. The third-order valence-corrected chi connectivity index (χ3v) is 3.98. The van der Waals surface area contributed by atoms with E-state index in [9.17, 15) is 23.5 Å². The van der Waals surface area contributed by atoms with Crippen LogP contribution < -0.4 is 10.2 Å². The van der Waals surface area contributed by atoms with Crippen molar-refractivity contribution in [1.29, 1.82) is 0 Å². The van der Waals surface area contributed by atoms with Crippen molar-refractivity contribution < 1.29 is 23.4 Å². The number of benzene rings is 1. The van der Waals surface area contributed by atoms with Gasteiger partial charge in [0.05, 0.1) is 17.5 Å². The van der Waals surface area contributed by atoms with Crippen molar-refractivity contribution in [1.82, 2.24) is 4.57 Å². The van der Waals surface area contributed by atoms with Gasteiger partial charge < -0.3 is 14.4 Å². The number of carboxylic acid groups (broad SMARTS) is 1. The number of carboxylic acids is 1. The van der Waals surface area contributed by atoms with Crippen molar-refractivity contribution in [2.45, 2.75) is 25.8 Å². The molecular formula is C15H13F2NO4. The summed E-state index contributed by atoms with van der Waals surface area (Å²) < 4.78 is 34.6. The van der Waals surface area contributed by atoms with Crippen molar-refractivity contribution in [3.8, 4) is 5.75 Å². The third-order valence-electron chi connectivity index (χ3n) is 3.98. The summed E-state index contributed by atoms with van der Waals surface area (Å²) in [6, 6.07) is 0.726. The normalized spacial score (nSPS) is 16.2. The Balaban J connectivity index is 2.60. The molecule has 5 nitrogen and oxygen atoms in total. The molecule has 3 rings (SSSR count). The molecule has 0 radical (unpaired) electrons. The van der Waals surface area contributed by atoms with Gasteiger partial charge in [0.2, 0.25) is 11.2 Å². The minimum absolute atomic E-state index is 0.0800. The summed E-state index contributed by atoms with van der Waals surface area (Å²) in [5, 5.41) is 8.98. The van der Waals surface area contributed by atoms with Gasteiger partial charge in [-0.2, -0.15) is 4.39 Å². The Morgan fingerprint density at radius 2 is 2.09 bits per heavy atom. The van der Waals surface area contributed by atoms with Crippen molar-refractivity contribution >= 4 is 16.9 Å². The van der Waals surface area contributed by atoms with Gasteiger partial charge in [0.25, 0.3) is 0 Å². The van der Waals surface area contributed by atoms with E-state index in [1.807, 2.05) is 13.8 Å². The highest BCUT2D eigenvalue weighted by molar-refractivity contribution is 5.94. The third kappa shape index (κ3) is 1.88. The number of aromatic carboxylic acids is 1. The number of pyridine rings is 1. The van der Waals surface area contributed by atoms with E-state index in [1.165, 1.54) is 10.8 Å². The first-order valence-corrected chi connectivity index (χ1v) is 6.68. The fourth-order valence-electron chi connectivity index (χ4n) is 2.69. The molecule has 0 unspecified atom stereocenters. The number of nitrogens with zero attached hydrogens (tertiary/aromatic N) is 1. The van der Waals surface area contributed by atoms with E-state index in [-0.39, 0.29) is 23.3 Å². The molecule has 1 aliphatic heterocycles. The minimum atomic E-state index is -1.41. The molecule has 1 N–H and O–H groups in total. The summed E-state index contributed by atoms with van der Waals surface area (Å²) in [5.74, 6) is -4.19. The highest BCUT2D eigenvalue weighted by Crippen LogP contribution is 2.37. The van der Waals surface area contributed by atoms with Gasteiger partial charge in [-0.1, -0.05) is 0 Å². The van der Waals surface area contributed by atoms with Crippen molar-refractivity contribution in [3.63, 3.8) is 0 Å². The Morgan fingerprint density at radius 3 is 2.73 bits per heavy atom. The Hall–Kier alpha value is -2.44. The largest absolute Gasteiger partial charge is 0.488 e. The predicted molar refractivity (Wildman–Crippen MR) is 74.5 cm³/mol. The molecule has 0 aliphatic carbocycles. The van der Waals surface area contributed by atoms with Crippen LogP contribution in [0.4, 0.5) is 8.78 Å². The van der Waals surface area contributed by atoms with Crippen LogP contribution in [0, 0.1) is 11.6 Å². The monoisotopic (exact) mass is 309 g/mol. The zero-order valence-corrected chi connectivity index (χ0v) is 11.9. The number of halogens is 2. The molecule has 2 aromatic rings. The van der Waals surface area contributed by atoms with E-state index in [4.69, 9.17) is 4.74 Å². The highest BCUT2D eigenvalue weighted by Gasteiger charge is 2.31. The molecule has 2 heterocycles. The molecule has 0 amide bonds. The maximum absolute atomic E-state index is 14.0. The SMILES string of the molecule is CC1(C)CCOc2c(F)c(F)cc3c(=O)c(C(=O)O)cn1c23. The highest BCUT2D eigenvalue weighted by atomic mass is 19.2. The number of ether oxygens (including phenoxy) is 1. The van der Waals surface area contributed by atoms with Crippen molar-refractivity contribution in [3.05, 3.63) is 39.7 Å². The lowest BCUT2D eigenvalue weighted by atomic mass is 9.99. The number of rotatable bonds is 1. The lowest BCUT2D eigenvalue weighted by Gasteiger charge is -2.28. The lowest BCUT2D eigenvalue weighted by molar-refractivity contribution is 0.0694. The van der Waals surface area contributed by atoms with Crippen molar-refractivity contribution in [2.75, 3.05) is 6.61 Å². The number of aromatic nitrogens is 1. The molecule has 1 aromatic heterocycles. The smallest absolute Gasteiger partial charge is 0.341 e. The van der Waals surface area contributed by atoms with Crippen LogP contribution in [0.25, 0.3) is 10.9 Å². The van der Waals surface area contributed by atoms with Crippen LogP contribution in [0.3, 0.4) is 0 Å². The van der Waals surface area contributed by atoms with Crippen LogP contribution in [0.1, 0.15) is 30.6 Å². The number of hydrogen-bond donors (Lipinski definition) is 1. The molecule has 1 aromatic carbocycles. The average molecular weight is 309 g/mol. The van der Waals surface area contributed by atoms with E-state index in [1.54, 1.807) is 0 Å². The molecule has 0 bridgehead atoms.